The van der Waals surface area contributed by atoms with Crippen molar-refractivity contribution in [3.05, 3.63) is 29.8 Å². The number of hydrogen-bond acceptors (Lipinski definition) is 2. The van der Waals surface area contributed by atoms with Crippen molar-refractivity contribution in [3.8, 4) is 0 Å². The predicted molar refractivity (Wildman–Crippen MR) is 71.9 cm³/mol. The molecule has 1 aromatic carbocycles. The molecule has 1 aromatic rings. The largest absolute Gasteiger partial charge is 0.374 e. The standard InChI is InChI=1S/C14H24N2/c1-5-15-10-13-8-6-7-9-14(13)16(4)11-12(2)3/h6-9,12,15H,5,10-11H2,1-4H3. The number of hydrogen-bond donors (Lipinski definition) is 1. The Balaban J connectivity index is 2.76. The van der Waals surface area contributed by atoms with Crippen LogP contribution in [0.3, 0.4) is 0 Å². The van der Waals surface area contributed by atoms with Gasteiger partial charge in [-0.1, -0.05) is 39.0 Å². The van der Waals surface area contributed by atoms with Gasteiger partial charge in [0, 0.05) is 25.8 Å². The predicted octanol–water partition coefficient (Wildman–Crippen LogP) is 2.89. The van der Waals surface area contributed by atoms with Crippen molar-refractivity contribution in [1.82, 2.24) is 5.32 Å². The van der Waals surface area contributed by atoms with Crippen LogP contribution in [0, 0.1) is 5.92 Å². The Labute approximate surface area is 99.7 Å². The van der Waals surface area contributed by atoms with Crippen LogP contribution in [0.25, 0.3) is 0 Å². The van der Waals surface area contributed by atoms with E-state index in [1.54, 1.807) is 0 Å². The van der Waals surface area contributed by atoms with E-state index in [-0.39, 0.29) is 0 Å². The van der Waals surface area contributed by atoms with Crippen LogP contribution in [0.1, 0.15) is 26.3 Å². The van der Waals surface area contributed by atoms with Gasteiger partial charge in [-0.25, -0.2) is 0 Å². The second-order valence-electron chi connectivity index (χ2n) is 4.68. The van der Waals surface area contributed by atoms with Gasteiger partial charge in [-0.2, -0.15) is 0 Å². The summed E-state index contributed by atoms with van der Waals surface area (Å²) in [5.74, 6) is 0.692. The Morgan fingerprint density at radius 2 is 1.94 bits per heavy atom. The van der Waals surface area contributed by atoms with Gasteiger partial charge in [-0.05, 0) is 24.1 Å². The second-order valence-corrected chi connectivity index (χ2v) is 4.68. The van der Waals surface area contributed by atoms with Crippen LogP contribution in [0.5, 0.6) is 0 Å². The van der Waals surface area contributed by atoms with Crippen LogP contribution in [0.4, 0.5) is 5.69 Å². The van der Waals surface area contributed by atoms with Gasteiger partial charge in [0.1, 0.15) is 0 Å². The molecule has 0 aromatic heterocycles. The van der Waals surface area contributed by atoms with E-state index in [1.165, 1.54) is 11.3 Å². The molecule has 16 heavy (non-hydrogen) atoms. The van der Waals surface area contributed by atoms with Gasteiger partial charge in [0.25, 0.3) is 0 Å². The third kappa shape index (κ3) is 3.86. The van der Waals surface area contributed by atoms with Gasteiger partial charge in [0.2, 0.25) is 0 Å². The molecule has 0 aliphatic heterocycles. The van der Waals surface area contributed by atoms with Crippen LogP contribution in [-0.2, 0) is 6.54 Å². The summed E-state index contributed by atoms with van der Waals surface area (Å²) in [6.07, 6.45) is 0. The molecular weight excluding hydrogens is 196 g/mol. The lowest BCUT2D eigenvalue weighted by molar-refractivity contribution is 0.634. The molecular formula is C14H24N2. The van der Waals surface area contributed by atoms with E-state index in [4.69, 9.17) is 0 Å². The Bertz CT molecular complexity index is 307. The van der Waals surface area contributed by atoms with Crippen molar-refractivity contribution in [2.24, 2.45) is 5.92 Å². The van der Waals surface area contributed by atoms with Crippen molar-refractivity contribution in [1.29, 1.82) is 0 Å². The molecule has 90 valence electrons. The van der Waals surface area contributed by atoms with E-state index >= 15 is 0 Å². The SMILES string of the molecule is CCNCc1ccccc1N(C)CC(C)C. The van der Waals surface area contributed by atoms with Crippen LogP contribution in [0.15, 0.2) is 24.3 Å². The van der Waals surface area contributed by atoms with Crippen LogP contribution >= 0.6 is 0 Å². The molecule has 2 nitrogen and oxygen atoms in total. The van der Waals surface area contributed by atoms with Crippen molar-refractivity contribution in [2.45, 2.75) is 27.3 Å². The Kier molecular flexibility index (Phi) is 5.33. The smallest absolute Gasteiger partial charge is 0.0409 e. The summed E-state index contributed by atoms with van der Waals surface area (Å²) in [7, 11) is 2.17. The maximum Gasteiger partial charge on any atom is 0.0409 e. The Morgan fingerprint density at radius 1 is 1.25 bits per heavy atom. The number of nitrogens with one attached hydrogen (secondary N) is 1. The van der Waals surface area contributed by atoms with E-state index < -0.39 is 0 Å². The highest BCUT2D eigenvalue weighted by molar-refractivity contribution is 5.53. The molecule has 0 radical (unpaired) electrons. The van der Waals surface area contributed by atoms with Crippen LogP contribution < -0.4 is 10.2 Å². The summed E-state index contributed by atoms with van der Waals surface area (Å²) in [5, 5.41) is 3.39. The molecule has 0 saturated carbocycles. The highest BCUT2D eigenvalue weighted by atomic mass is 15.1. The molecule has 0 saturated heterocycles. The molecule has 1 N–H and O–H groups in total. The molecule has 0 bridgehead atoms. The summed E-state index contributed by atoms with van der Waals surface area (Å²) < 4.78 is 0. The lowest BCUT2D eigenvalue weighted by Crippen LogP contribution is -2.24. The zero-order valence-corrected chi connectivity index (χ0v) is 11.0. The topological polar surface area (TPSA) is 15.3 Å². The minimum atomic E-state index is 0.692. The molecule has 0 fully saturated rings. The minimum Gasteiger partial charge on any atom is -0.374 e. The number of benzene rings is 1. The first-order valence-corrected chi connectivity index (χ1v) is 6.15. The minimum absolute atomic E-state index is 0.692. The molecule has 0 spiro atoms. The second kappa shape index (κ2) is 6.54. The average molecular weight is 220 g/mol. The van der Waals surface area contributed by atoms with Gasteiger partial charge >= 0.3 is 0 Å². The summed E-state index contributed by atoms with van der Waals surface area (Å²) >= 11 is 0. The number of para-hydroxylation sites is 1. The summed E-state index contributed by atoms with van der Waals surface area (Å²) in [6.45, 7) is 9.72. The number of rotatable bonds is 6. The first kappa shape index (κ1) is 13.0. The van der Waals surface area contributed by atoms with Crippen molar-refractivity contribution >= 4 is 5.69 Å². The molecule has 0 unspecified atom stereocenters. The quantitative estimate of drug-likeness (QED) is 0.793. The third-order valence-electron chi connectivity index (χ3n) is 2.61. The van der Waals surface area contributed by atoms with Crippen LogP contribution in [-0.4, -0.2) is 20.1 Å². The van der Waals surface area contributed by atoms with Gasteiger partial charge < -0.3 is 10.2 Å². The Hall–Kier alpha value is -1.02. The van der Waals surface area contributed by atoms with Gasteiger partial charge in [0.05, 0.1) is 0 Å². The zero-order valence-electron chi connectivity index (χ0n) is 11.0. The fourth-order valence-corrected chi connectivity index (χ4v) is 1.94. The highest BCUT2D eigenvalue weighted by Gasteiger charge is 2.07. The molecule has 0 atom stereocenters. The summed E-state index contributed by atoms with van der Waals surface area (Å²) in [5.41, 5.74) is 2.73. The fraction of sp³-hybridized carbons (Fsp3) is 0.571. The maximum absolute atomic E-state index is 3.39. The number of anilines is 1. The first-order valence-electron chi connectivity index (χ1n) is 6.15. The normalized spacial score (nSPS) is 10.8. The maximum atomic E-state index is 3.39. The van der Waals surface area contributed by atoms with Gasteiger partial charge in [-0.3, -0.25) is 0 Å². The van der Waals surface area contributed by atoms with E-state index in [0.717, 1.165) is 19.6 Å². The lowest BCUT2D eigenvalue weighted by atomic mass is 10.1. The van der Waals surface area contributed by atoms with Crippen molar-refractivity contribution < 1.29 is 0 Å². The molecule has 2 heteroatoms. The van der Waals surface area contributed by atoms with E-state index in [1.807, 2.05) is 0 Å². The lowest BCUT2D eigenvalue weighted by Gasteiger charge is -2.24. The Morgan fingerprint density at radius 3 is 2.56 bits per heavy atom. The molecule has 1 rings (SSSR count). The first-order chi connectivity index (χ1) is 7.65. The van der Waals surface area contributed by atoms with Gasteiger partial charge in [0.15, 0.2) is 0 Å². The zero-order chi connectivity index (χ0) is 12.0. The molecule has 0 heterocycles. The molecule has 0 amide bonds. The van der Waals surface area contributed by atoms with Crippen molar-refractivity contribution in [2.75, 3.05) is 25.0 Å². The summed E-state index contributed by atoms with van der Waals surface area (Å²) in [6, 6.07) is 8.63. The van der Waals surface area contributed by atoms with E-state index in [9.17, 15) is 0 Å². The fourth-order valence-electron chi connectivity index (χ4n) is 1.94. The summed E-state index contributed by atoms with van der Waals surface area (Å²) in [4.78, 5) is 2.34. The third-order valence-corrected chi connectivity index (χ3v) is 2.61. The van der Waals surface area contributed by atoms with Crippen LogP contribution in [0.2, 0.25) is 0 Å². The van der Waals surface area contributed by atoms with E-state index in [0.29, 0.717) is 5.92 Å². The monoisotopic (exact) mass is 220 g/mol. The van der Waals surface area contributed by atoms with Gasteiger partial charge in [-0.15, -0.1) is 0 Å². The molecule has 0 aliphatic carbocycles. The molecule has 0 aliphatic rings. The number of nitrogens with zero attached hydrogens (tertiary/aromatic N) is 1. The highest BCUT2D eigenvalue weighted by Crippen LogP contribution is 2.19. The van der Waals surface area contributed by atoms with Crippen molar-refractivity contribution in [3.63, 3.8) is 0 Å². The van der Waals surface area contributed by atoms with E-state index in [2.05, 4.69) is 62.3 Å². The average Bonchev–Trinajstić information content (AvgIpc) is 2.25.